The molecule has 0 aliphatic carbocycles. The van der Waals surface area contributed by atoms with Gasteiger partial charge in [-0.2, -0.15) is 0 Å². The molecule has 1 aliphatic rings. The zero-order valence-electron chi connectivity index (χ0n) is 5.59. The first-order chi connectivity index (χ1) is 4.22. The van der Waals surface area contributed by atoms with Gasteiger partial charge < -0.3 is 5.32 Å². The van der Waals surface area contributed by atoms with Crippen molar-refractivity contribution in [3.63, 3.8) is 0 Å². The third-order valence-electron chi connectivity index (χ3n) is 1.65. The zero-order valence-corrected chi connectivity index (χ0v) is 5.59. The largest absolute Gasteiger partial charge is 0.317 e. The highest BCUT2D eigenvalue weighted by atomic mass is 16.2. The van der Waals surface area contributed by atoms with Crippen LogP contribution in [0.3, 0.4) is 0 Å². The molecule has 3 heteroatoms. The average molecular weight is 126 g/mol. The van der Waals surface area contributed by atoms with Crippen LogP contribution in [0.5, 0.6) is 0 Å². The Hall–Kier alpha value is -0.860. The molecule has 0 spiro atoms. The number of rotatable bonds is 0. The van der Waals surface area contributed by atoms with Gasteiger partial charge in [0.1, 0.15) is 0 Å². The molecule has 1 heterocycles. The lowest BCUT2D eigenvalue weighted by Gasteiger charge is -2.18. The maximum atomic E-state index is 10.8. The van der Waals surface area contributed by atoms with Crippen molar-refractivity contribution in [3.05, 3.63) is 0 Å². The molecule has 1 N–H and O–H groups in total. The van der Waals surface area contributed by atoms with Crippen LogP contribution in [0.25, 0.3) is 0 Å². The van der Waals surface area contributed by atoms with Gasteiger partial charge in [0.25, 0.3) is 0 Å². The second-order valence-electron chi connectivity index (χ2n) is 2.32. The first kappa shape index (κ1) is 6.26. The molecule has 0 aromatic rings. The molecule has 2 atom stereocenters. The van der Waals surface area contributed by atoms with Crippen LogP contribution in [-0.4, -0.2) is 18.3 Å². The predicted octanol–water partition coefficient (Wildman–Crippen LogP) is 0.169. The summed E-state index contributed by atoms with van der Waals surface area (Å²) in [5, 5.41) is 2.53. The smallest absolute Gasteiger partial charge is 0.230 e. The maximum absolute atomic E-state index is 10.8. The molecule has 50 valence electrons. The van der Waals surface area contributed by atoms with Gasteiger partial charge >= 0.3 is 0 Å². The number of amides is 1. The van der Waals surface area contributed by atoms with Crippen LogP contribution >= 0.6 is 0 Å². The minimum absolute atomic E-state index is 0.0231. The van der Waals surface area contributed by atoms with Crippen molar-refractivity contribution in [2.24, 2.45) is 10.9 Å². The quantitative estimate of drug-likeness (QED) is 0.494. The monoisotopic (exact) mass is 126 g/mol. The summed E-state index contributed by atoms with van der Waals surface area (Å²) in [7, 11) is 0. The molecule has 0 aromatic heterocycles. The van der Waals surface area contributed by atoms with Crippen molar-refractivity contribution < 1.29 is 4.79 Å². The van der Waals surface area contributed by atoms with Crippen LogP contribution in [0.2, 0.25) is 0 Å². The number of hydrogen-bond donors (Lipinski definition) is 1. The highest BCUT2D eigenvalue weighted by Gasteiger charge is 2.21. The van der Waals surface area contributed by atoms with E-state index in [1.165, 1.54) is 6.34 Å². The molecule has 9 heavy (non-hydrogen) atoms. The summed E-state index contributed by atoms with van der Waals surface area (Å²) in [5.41, 5.74) is 0. The fourth-order valence-corrected chi connectivity index (χ4v) is 0.698. The lowest BCUT2D eigenvalue weighted by atomic mass is 10.0. The van der Waals surface area contributed by atoms with E-state index in [0.29, 0.717) is 0 Å². The molecule has 0 bridgehead atoms. The second-order valence-corrected chi connectivity index (χ2v) is 2.32. The molecule has 3 nitrogen and oxygen atoms in total. The first-order valence-electron chi connectivity index (χ1n) is 3.04. The van der Waals surface area contributed by atoms with E-state index in [1.807, 2.05) is 13.8 Å². The van der Waals surface area contributed by atoms with Crippen molar-refractivity contribution in [2.75, 3.05) is 0 Å². The Morgan fingerprint density at radius 2 is 2.33 bits per heavy atom. The molecule has 1 rings (SSSR count). The normalized spacial score (nSPS) is 34.2. The van der Waals surface area contributed by atoms with E-state index in [9.17, 15) is 4.79 Å². The summed E-state index contributed by atoms with van der Waals surface area (Å²) < 4.78 is 0. The van der Waals surface area contributed by atoms with Gasteiger partial charge in [0.2, 0.25) is 5.91 Å². The molecular weight excluding hydrogens is 116 g/mol. The van der Waals surface area contributed by atoms with Crippen LogP contribution in [0.15, 0.2) is 4.99 Å². The Morgan fingerprint density at radius 3 is 2.78 bits per heavy atom. The predicted molar refractivity (Wildman–Crippen MR) is 35.3 cm³/mol. The molecule has 0 fully saturated rings. The van der Waals surface area contributed by atoms with E-state index < -0.39 is 0 Å². The van der Waals surface area contributed by atoms with Gasteiger partial charge in [-0.25, -0.2) is 0 Å². The minimum Gasteiger partial charge on any atom is -0.317 e. The minimum atomic E-state index is 0.0231. The lowest BCUT2D eigenvalue weighted by molar-refractivity contribution is -0.123. The van der Waals surface area contributed by atoms with Crippen molar-refractivity contribution in [3.8, 4) is 0 Å². The van der Waals surface area contributed by atoms with Gasteiger partial charge in [0, 0.05) is 0 Å². The van der Waals surface area contributed by atoms with Crippen LogP contribution < -0.4 is 5.32 Å². The van der Waals surface area contributed by atoms with Crippen LogP contribution in [0.1, 0.15) is 13.8 Å². The summed E-state index contributed by atoms with van der Waals surface area (Å²) in [4.78, 5) is 14.8. The average Bonchev–Trinajstić information content (AvgIpc) is 1.83. The van der Waals surface area contributed by atoms with Crippen LogP contribution in [0.4, 0.5) is 0 Å². The summed E-state index contributed by atoms with van der Waals surface area (Å²) in [6, 6.07) is 0.138. The zero-order chi connectivity index (χ0) is 6.85. The highest BCUT2D eigenvalue weighted by Crippen LogP contribution is 2.07. The standard InChI is InChI=1S/C6H10N2O/c1-4-5(2)7-3-8-6(4)9/h3-5H,1-2H3,(H,7,8,9). The Balaban J connectivity index is 2.69. The summed E-state index contributed by atoms with van der Waals surface area (Å²) in [6.45, 7) is 3.80. The molecule has 1 aliphatic heterocycles. The molecule has 0 radical (unpaired) electrons. The number of hydrogen-bond acceptors (Lipinski definition) is 2. The Bertz CT molecular complexity index is 153. The number of nitrogens with one attached hydrogen (secondary N) is 1. The van der Waals surface area contributed by atoms with Gasteiger partial charge in [-0.3, -0.25) is 9.79 Å². The molecule has 0 saturated carbocycles. The van der Waals surface area contributed by atoms with Gasteiger partial charge in [-0.05, 0) is 6.92 Å². The van der Waals surface area contributed by atoms with Gasteiger partial charge in [-0.15, -0.1) is 0 Å². The van der Waals surface area contributed by atoms with Gasteiger partial charge in [0.05, 0.1) is 18.3 Å². The van der Waals surface area contributed by atoms with Gasteiger partial charge in [0.15, 0.2) is 0 Å². The fraction of sp³-hybridized carbons (Fsp3) is 0.667. The van der Waals surface area contributed by atoms with E-state index in [0.717, 1.165) is 0 Å². The van der Waals surface area contributed by atoms with Crippen LogP contribution in [0, 0.1) is 5.92 Å². The highest BCUT2D eigenvalue weighted by molar-refractivity contribution is 5.91. The maximum Gasteiger partial charge on any atom is 0.230 e. The second kappa shape index (κ2) is 2.17. The van der Waals surface area contributed by atoms with E-state index >= 15 is 0 Å². The van der Waals surface area contributed by atoms with Crippen molar-refractivity contribution >= 4 is 12.2 Å². The Labute approximate surface area is 54.2 Å². The summed E-state index contributed by atoms with van der Waals surface area (Å²) in [6.07, 6.45) is 1.47. The number of carbonyl (C=O) groups excluding carboxylic acids is 1. The van der Waals surface area contributed by atoms with Crippen molar-refractivity contribution in [1.29, 1.82) is 0 Å². The summed E-state index contributed by atoms with van der Waals surface area (Å²) in [5.74, 6) is 0.0903. The number of nitrogens with zero attached hydrogens (tertiary/aromatic N) is 1. The van der Waals surface area contributed by atoms with E-state index in [2.05, 4.69) is 10.3 Å². The van der Waals surface area contributed by atoms with Crippen molar-refractivity contribution in [2.45, 2.75) is 19.9 Å². The van der Waals surface area contributed by atoms with E-state index in [1.54, 1.807) is 0 Å². The Kier molecular flexibility index (Phi) is 1.51. The van der Waals surface area contributed by atoms with Gasteiger partial charge in [-0.1, -0.05) is 6.92 Å². The van der Waals surface area contributed by atoms with Crippen LogP contribution in [-0.2, 0) is 4.79 Å². The van der Waals surface area contributed by atoms with E-state index in [4.69, 9.17) is 0 Å². The molecule has 1 amide bonds. The fourth-order valence-electron chi connectivity index (χ4n) is 0.698. The van der Waals surface area contributed by atoms with Crippen molar-refractivity contribution in [1.82, 2.24) is 5.32 Å². The molecule has 0 saturated heterocycles. The third-order valence-corrected chi connectivity index (χ3v) is 1.65. The topological polar surface area (TPSA) is 41.5 Å². The molecular formula is C6H10N2O. The SMILES string of the molecule is CC1N=CNC(=O)C1C. The third kappa shape index (κ3) is 1.09. The molecule has 0 aromatic carbocycles. The first-order valence-corrected chi connectivity index (χ1v) is 3.04. The summed E-state index contributed by atoms with van der Waals surface area (Å²) >= 11 is 0. The Morgan fingerprint density at radius 1 is 1.67 bits per heavy atom. The lowest BCUT2D eigenvalue weighted by Crippen LogP contribution is -2.37. The number of aliphatic imine (C=N–C) groups is 1. The van der Waals surface area contributed by atoms with E-state index in [-0.39, 0.29) is 17.9 Å². The number of carbonyl (C=O) groups is 1. The molecule has 2 unspecified atom stereocenters.